The van der Waals surface area contributed by atoms with Crippen molar-refractivity contribution in [2.24, 2.45) is 0 Å². The standard InChI is InChI=1S/C32H40N2O3S/c1-10-33-28-15-26-21(13-24(28)20(3)17-30(33,4)5)12-22-14-25-23(19-38(35,36)37)18-31(6,7)34(11-2)29(25)16-27(22)32(26,8)9/h12-18H,10-11,19H2,1-9H3/p+1. The molecular weight excluding hydrogens is 492 g/mol. The average Bonchev–Trinajstić information content (AvgIpc) is 2.76. The first kappa shape index (κ1) is 26.9. The number of hydrogen-bond acceptors (Lipinski definition) is 3. The predicted octanol–water partition coefficient (Wildman–Crippen LogP) is 4.75. The van der Waals surface area contributed by atoms with E-state index in [1.165, 1.54) is 32.8 Å². The minimum Gasteiger partial charge on any atom is -0.363 e. The zero-order valence-electron chi connectivity index (χ0n) is 24.2. The average molecular weight is 534 g/mol. The highest BCUT2D eigenvalue weighted by Gasteiger charge is 2.38. The van der Waals surface area contributed by atoms with Crippen LogP contribution in [0.25, 0.3) is 17.2 Å². The Hall–Kier alpha value is -2.70. The number of rotatable bonds is 4. The fourth-order valence-electron chi connectivity index (χ4n) is 7.22. The molecule has 0 bridgehead atoms. The van der Waals surface area contributed by atoms with Crippen LogP contribution in [0.4, 0.5) is 5.69 Å². The van der Waals surface area contributed by atoms with Crippen molar-refractivity contribution in [2.75, 3.05) is 23.7 Å². The fraction of sp³-hybridized carbons (Fsp3) is 0.469. The van der Waals surface area contributed by atoms with Gasteiger partial charge in [0.05, 0.1) is 5.54 Å². The van der Waals surface area contributed by atoms with Crippen LogP contribution in [0.15, 0.2) is 36.4 Å². The molecule has 2 heterocycles. The Balaban J connectivity index is 1.83. The summed E-state index contributed by atoms with van der Waals surface area (Å²) < 4.78 is 36.2. The Labute approximate surface area is 227 Å². The fourth-order valence-corrected chi connectivity index (χ4v) is 7.86. The van der Waals surface area contributed by atoms with E-state index in [9.17, 15) is 13.0 Å². The van der Waals surface area contributed by atoms with Crippen LogP contribution >= 0.6 is 0 Å². The predicted molar refractivity (Wildman–Crippen MR) is 159 cm³/mol. The molecule has 0 atom stereocenters. The number of nitrogens with zero attached hydrogens (tertiary/aromatic N) is 2. The molecule has 6 heteroatoms. The third-order valence-corrected chi connectivity index (χ3v) is 9.48. The minimum atomic E-state index is -4.18. The van der Waals surface area contributed by atoms with Crippen molar-refractivity contribution < 1.29 is 13.0 Å². The zero-order valence-corrected chi connectivity index (χ0v) is 25.0. The number of fused-ring (bicyclic) bond motifs is 4. The number of hydrogen-bond donors (Lipinski definition) is 1. The van der Waals surface area contributed by atoms with Crippen LogP contribution in [-0.4, -0.2) is 42.9 Å². The van der Waals surface area contributed by atoms with Gasteiger partial charge in [-0.3, -0.25) is 4.55 Å². The summed E-state index contributed by atoms with van der Waals surface area (Å²) in [6.45, 7) is 21.6. The van der Waals surface area contributed by atoms with Gasteiger partial charge in [0.15, 0.2) is 5.54 Å². The lowest BCUT2D eigenvalue weighted by Crippen LogP contribution is -2.50. The van der Waals surface area contributed by atoms with Gasteiger partial charge in [-0.2, -0.15) is 8.42 Å². The van der Waals surface area contributed by atoms with Gasteiger partial charge in [-0.15, -0.1) is 0 Å². The third kappa shape index (κ3) is 4.08. The van der Waals surface area contributed by atoms with E-state index >= 15 is 0 Å². The molecule has 0 radical (unpaired) electrons. The molecule has 0 unspecified atom stereocenters. The molecule has 1 N–H and O–H groups in total. The largest absolute Gasteiger partial charge is 0.363 e. The van der Waals surface area contributed by atoms with E-state index in [1.807, 2.05) is 6.08 Å². The lowest BCUT2D eigenvalue weighted by atomic mass is 9.70. The maximum atomic E-state index is 12.0. The van der Waals surface area contributed by atoms with Crippen molar-refractivity contribution in [3.8, 4) is 0 Å². The van der Waals surface area contributed by atoms with Crippen molar-refractivity contribution >= 4 is 33.0 Å². The maximum absolute atomic E-state index is 12.0. The summed E-state index contributed by atoms with van der Waals surface area (Å²) in [6.07, 6.45) is 6.60. The van der Waals surface area contributed by atoms with Crippen LogP contribution in [0.2, 0.25) is 0 Å². The van der Waals surface area contributed by atoms with E-state index in [-0.39, 0.29) is 22.2 Å². The first-order valence-electron chi connectivity index (χ1n) is 13.6. The molecule has 0 spiro atoms. The summed E-state index contributed by atoms with van der Waals surface area (Å²) in [6, 6.07) is 9.12. The normalized spacial score (nSPS) is 20.4. The van der Waals surface area contributed by atoms with Crippen LogP contribution in [-0.2, 0) is 15.5 Å². The van der Waals surface area contributed by atoms with E-state index in [4.69, 9.17) is 0 Å². The number of likely N-dealkylation sites (N-methyl/N-ethyl adjacent to an activating group) is 2. The van der Waals surface area contributed by atoms with Crippen LogP contribution in [0, 0.1) is 0 Å². The highest BCUT2D eigenvalue weighted by atomic mass is 32.2. The monoisotopic (exact) mass is 533 g/mol. The summed E-state index contributed by atoms with van der Waals surface area (Å²) >= 11 is 0. The SMILES string of the molecule is CCN1c2cc3c(cc2C(CS(=O)(=O)O)=CC1(C)C)C=c1cc2c(cc1C3(C)C)=[N+](CC)C(C)(C)C=C2C. The molecular formula is C32H41N2O3S+. The molecule has 2 aliphatic heterocycles. The highest BCUT2D eigenvalue weighted by molar-refractivity contribution is 7.86. The van der Waals surface area contributed by atoms with Gasteiger partial charge < -0.3 is 4.90 Å². The Morgan fingerprint density at radius 2 is 1.61 bits per heavy atom. The summed E-state index contributed by atoms with van der Waals surface area (Å²) in [5.74, 6) is -0.389. The Kier molecular flexibility index (Phi) is 5.94. The lowest BCUT2D eigenvalue weighted by molar-refractivity contribution is 0.401. The third-order valence-electron chi connectivity index (χ3n) is 8.80. The summed E-state index contributed by atoms with van der Waals surface area (Å²) in [4.78, 5) is 2.32. The zero-order chi connectivity index (χ0) is 28.0. The van der Waals surface area contributed by atoms with Gasteiger partial charge in [0.1, 0.15) is 12.3 Å². The molecule has 0 saturated carbocycles. The molecule has 3 aliphatic rings. The van der Waals surface area contributed by atoms with Crippen molar-refractivity contribution in [1.29, 1.82) is 0 Å². The highest BCUT2D eigenvalue weighted by Crippen LogP contribution is 2.45. The second-order valence-corrected chi connectivity index (χ2v) is 14.2. The maximum Gasteiger partial charge on any atom is 0.269 e. The van der Waals surface area contributed by atoms with Gasteiger partial charge in [-0.25, -0.2) is 4.58 Å². The second-order valence-electron chi connectivity index (χ2n) is 12.7. The number of anilines is 1. The molecule has 38 heavy (non-hydrogen) atoms. The summed E-state index contributed by atoms with van der Waals surface area (Å²) in [5.41, 5.74) is 8.07. The molecule has 1 aliphatic carbocycles. The van der Waals surface area contributed by atoms with Crippen molar-refractivity contribution in [3.05, 3.63) is 74.8 Å². The van der Waals surface area contributed by atoms with Crippen LogP contribution in [0.1, 0.15) is 90.1 Å². The van der Waals surface area contributed by atoms with Crippen molar-refractivity contribution in [3.63, 3.8) is 0 Å². The van der Waals surface area contributed by atoms with Crippen molar-refractivity contribution in [2.45, 2.75) is 78.8 Å². The number of benzene rings is 2. The Morgan fingerprint density at radius 3 is 2.21 bits per heavy atom. The van der Waals surface area contributed by atoms with E-state index < -0.39 is 10.1 Å². The quantitative estimate of drug-likeness (QED) is 0.455. The number of allylic oxidation sites excluding steroid dienone is 1. The van der Waals surface area contributed by atoms with Crippen LogP contribution < -0.4 is 20.1 Å². The van der Waals surface area contributed by atoms with Crippen LogP contribution in [0.5, 0.6) is 0 Å². The van der Waals surface area contributed by atoms with Gasteiger partial charge in [0.2, 0.25) is 5.36 Å². The van der Waals surface area contributed by atoms with E-state index in [1.54, 1.807) is 0 Å². The molecule has 5 nitrogen and oxygen atoms in total. The van der Waals surface area contributed by atoms with E-state index in [0.29, 0.717) is 5.57 Å². The van der Waals surface area contributed by atoms with E-state index in [0.717, 1.165) is 29.9 Å². The molecule has 5 rings (SSSR count). The summed E-state index contributed by atoms with van der Waals surface area (Å²) in [5, 5.41) is 2.49. The Morgan fingerprint density at radius 1 is 0.921 bits per heavy atom. The second kappa shape index (κ2) is 8.40. The van der Waals surface area contributed by atoms with Gasteiger partial charge in [0.25, 0.3) is 10.1 Å². The van der Waals surface area contributed by atoms with E-state index in [2.05, 4.69) is 108 Å². The topological polar surface area (TPSA) is 60.6 Å². The molecule has 0 aromatic heterocycles. The molecule has 0 fully saturated rings. The minimum absolute atomic E-state index is 0.0530. The first-order chi connectivity index (χ1) is 17.5. The van der Waals surface area contributed by atoms with Crippen LogP contribution in [0.3, 0.4) is 0 Å². The molecule has 2 aromatic rings. The van der Waals surface area contributed by atoms with Gasteiger partial charge in [-0.1, -0.05) is 19.9 Å². The summed E-state index contributed by atoms with van der Waals surface area (Å²) in [7, 11) is -4.18. The Bertz CT molecular complexity index is 1670. The molecule has 202 valence electrons. The van der Waals surface area contributed by atoms with Crippen molar-refractivity contribution in [1.82, 2.24) is 4.58 Å². The molecule has 2 aromatic carbocycles. The first-order valence-corrected chi connectivity index (χ1v) is 15.2. The van der Waals surface area contributed by atoms with Gasteiger partial charge >= 0.3 is 0 Å². The van der Waals surface area contributed by atoms with Gasteiger partial charge in [0, 0.05) is 48.7 Å². The van der Waals surface area contributed by atoms with Gasteiger partial charge in [-0.05, 0) is 98.0 Å². The lowest BCUT2D eigenvalue weighted by Gasteiger charge is -2.44. The molecule has 0 saturated heterocycles. The smallest absolute Gasteiger partial charge is 0.269 e. The molecule has 0 amide bonds.